The average Bonchev–Trinajstić information content (AvgIpc) is 3.48. The van der Waals surface area contributed by atoms with Crippen molar-refractivity contribution in [2.75, 3.05) is 0 Å². The first-order chi connectivity index (χ1) is 22.3. The van der Waals surface area contributed by atoms with Crippen LogP contribution in [0.2, 0.25) is 5.02 Å². The lowest BCUT2D eigenvalue weighted by Crippen LogP contribution is -2.36. The van der Waals surface area contributed by atoms with Gasteiger partial charge in [0.05, 0.1) is 23.0 Å². The van der Waals surface area contributed by atoms with Crippen molar-refractivity contribution in [2.45, 2.75) is 31.3 Å². The quantitative estimate of drug-likeness (QED) is 0.134. The van der Waals surface area contributed by atoms with Crippen LogP contribution >= 0.6 is 11.6 Å². The van der Waals surface area contributed by atoms with Crippen molar-refractivity contribution >= 4 is 17.5 Å². The predicted octanol–water partition coefficient (Wildman–Crippen LogP) is 7.16. The van der Waals surface area contributed by atoms with Crippen molar-refractivity contribution in [1.29, 1.82) is 0 Å². The Morgan fingerprint density at radius 2 is 1.76 bits per heavy atom. The van der Waals surface area contributed by atoms with Crippen molar-refractivity contribution in [2.24, 2.45) is 0 Å². The molecule has 1 N–H and O–H groups in total. The molecule has 3 heterocycles. The fraction of sp³-hybridized carbons (Fsp3) is 0.143. The SMILES string of the molecule is O=C(NC1CC1)c1ccc(-c2cnn(C(Cc3ccc(F)cc3)c3ccc(-c4c(-c5cnco5)ccc(Cl)c4F)c[n+]3[O-])c2)cc1. The van der Waals surface area contributed by atoms with Gasteiger partial charge in [-0.15, -0.1) is 0 Å². The molecule has 3 aromatic heterocycles. The lowest BCUT2D eigenvalue weighted by Gasteiger charge is -2.18. The fourth-order valence-corrected chi connectivity index (χ4v) is 5.59. The van der Waals surface area contributed by atoms with Crippen LogP contribution in [0.1, 0.15) is 40.5 Å². The summed E-state index contributed by atoms with van der Waals surface area (Å²) in [5.74, 6) is -0.843. The molecule has 7 rings (SSSR count). The van der Waals surface area contributed by atoms with E-state index in [2.05, 4.69) is 15.4 Å². The molecule has 1 amide bonds. The third-order valence-electron chi connectivity index (χ3n) is 8.02. The van der Waals surface area contributed by atoms with E-state index in [9.17, 15) is 14.4 Å². The molecule has 0 radical (unpaired) electrons. The lowest BCUT2D eigenvalue weighted by atomic mass is 9.97. The lowest BCUT2D eigenvalue weighted by molar-refractivity contribution is -0.615. The van der Waals surface area contributed by atoms with Gasteiger partial charge in [0.15, 0.2) is 24.2 Å². The number of rotatable bonds is 9. The molecule has 0 aliphatic heterocycles. The van der Waals surface area contributed by atoms with Crippen LogP contribution < -0.4 is 10.0 Å². The van der Waals surface area contributed by atoms with Gasteiger partial charge in [0.2, 0.25) is 5.69 Å². The van der Waals surface area contributed by atoms with Gasteiger partial charge in [-0.3, -0.25) is 9.48 Å². The minimum absolute atomic E-state index is 0.0989. The largest absolute Gasteiger partial charge is 0.618 e. The molecule has 46 heavy (non-hydrogen) atoms. The number of nitrogens with one attached hydrogen (secondary N) is 1. The summed E-state index contributed by atoms with van der Waals surface area (Å²) in [5.41, 5.74) is 4.10. The van der Waals surface area contributed by atoms with Gasteiger partial charge in [-0.05, 0) is 66.4 Å². The van der Waals surface area contributed by atoms with Gasteiger partial charge < -0.3 is 14.9 Å². The molecule has 0 spiro atoms. The molecule has 230 valence electrons. The molecule has 1 unspecified atom stereocenters. The molecule has 3 aromatic carbocycles. The first kappa shape index (κ1) is 29.4. The maximum atomic E-state index is 15.4. The van der Waals surface area contributed by atoms with E-state index in [1.165, 1.54) is 37.0 Å². The summed E-state index contributed by atoms with van der Waals surface area (Å²) in [6.07, 6.45) is 9.82. The number of halogens is 3. The van der Waals surface area contributed by atoms with Crippen LogP contribution in [0.25, 0.3) is 33.6 Å². The molecule has 0 saturated heterocycles. The Balaban J connectivity index is 1.24. The number of pyridine rings is 1. The highest BCUT2D eigenvalue weighted by Gasteiger charge is 2.27. The second-order valence-electron chi connectivity index (χ2n) is 11.2. The minimum atomic E-state index is -0.695. The highest BCUT2D eigenvalue weighted by molar-refractivity contribution is 6.31. The number of carbonyl (C=O) groups is 1. The average molecular weight is 638 g/mol. The summed E-state index contributed by atoms with van der Waals surface area (Å²) < 4.78 is 36.9. The second kappa shape index (κ2) is 12.2. The zero-order chi connectivity index (χ0) is 31.8. The van der Waals surface area contributed by atoms with Gasteiger partial charge >= 0.3 is 0 Å². The Morgan fingerprint density at radius 3 is 2.46 bits per heavy atom. The van der Waals surface area contributed by atoms with E-state index in [1.807, 2.05) is 18.3 Å². The standard InChI is InChI=1S/C35H26ClF2N5O3/c36-29-13-12-28(32-17-39-20-46-32)33(34(29)38)24-7-14-30(43(45)19-24)31(15-21-1-8-26(37)9-2-21)42-18-25(16-40-42)22-3-5-23(6-4-22)35(44)41-27-10-11-27/h1-9,12-14,16-20,27,31H,10-11,15H2,(H,41,44). The number of hydrogen-bond acceptors (Lipinski definition) is 5. The molecule has 8 nitrogen and oxygen atoms in total. The fourth-order valence-electron chi connectivity index (χ4n) is 5.43. The van der Waals surface area contributed by atoms with Gasteiger partial charge in [0, 0.05) is 47.0 Å². The van der Waals surface area contributed by atoms with Gasteiger partial charge in [0.1, 0.15) is 11.9 Å². The molecule has 0 bridgehead atoms. The zero-order valence-corrected chi connectivity index (χ0v) is 25.0. The Morgan fingerprint density at radius 1 is 1.00 bits per heavy atom. The van der Waals surface area contributed by atoms with E-state index in [1.54, 1.807) is 53.3 Å². The number of nitrogens with zero attached hydrogens (tertiary/aromatic N) is 4. The first-order valence-electron chi connectivity index (χ1n) is 14.6. The van der Waals surface area contributed by atoms with Crippen molar-refractivity contribution in [3.63, 3.8) is 0 Å². The number of benzene rings is 3. The Bertz CT molecular complexity index is 2030. The van der Waals surface area contributed by atoms with Crippen LogP contribution in [0, 0.1) is 16.8 Å². The number of carbonyl (C=O) groups excluding carboxylic acids is 1. The number of amides is 1. The highest BCUT2D eigenvalue weighted by Crippen LogP contribution is 2.37. The normalized spacial score (nSPS) is 13.5. The molecule has 6 aromatic rings. The Labute approximate surface area is 267 Å². The van der Waals surface area contributed by atoms with Crippen LogP contribution in [0.3, 0.4) is 0 Å². The van der Waals surface area contributed by atoms with E-state index in [-0.39, 0.29) is 33.9 Å². The summed E-state index contributed by atoms with van der Waals surface area (Å²) in [7, 11) is 0. The number of aromatic nitrogens is 4. The number of oxazole rings is 1. The summed E-state index contributed by atoms with van der Waals surface area (Å²) in [4.78, 5) is 16.4. The van der Waals surface area contributed by atoms with E-state index < -0.39 is 11.9 Å². The van der Waals surface area contributed by atoms with Crippen LogP contribution in [0.15, 0.2) is 108 Å². The van der Waals surface area contributed by atoms with Gasteiger partial charge in [-0.1, -0.05) is 35.9 Å². The monoisotopic (exact) mass is 637 g/mol. The second-order valence-corrected chi connectivity index (χ2v) is 11.6. The Kier molecular flexibility index (Phi) is 7.79. The molecular formula is C35H26ClF2N5O3. The maximum Gasteiger partial charge on any atom is 0.251 e. The third kappa shape index (κ3) is 5.99. The van der Waals surface area contributed by atoms with E-state index >= 15 is 4.39 Å². The molecule has 1 aliphatic rings. The summed E-state index contributed by atoms with van der Waals surface area (Å²) in [5, 5.41) is 21.2. The zero-order valence-electron chi connectivity index (χ0n) is 24.2. The third-order valence-corrected chi connectivity index (χ3v) is 8.32. The molecule has 1 atom stereocenters. The van der Waals surface area contributed by atoms with Crippen LogP contribution in [0.4, 0.5) is 8.78 Å². The van der Waals surface area contributed by atoms with Crippen molar-refractivity contribution in [3.8, 4) is 33.6 Å². The smallest absolute Gasteiger partial charge is 0.251 e. The van der Waals surface area contributed by atoms with E-state index in [0.717, 1.165) is 29.5 Å². The summed E-state index contributed by atoms with van der Waals surface area (Å²) >= 11 is 6.13. The van der Waals surface area contributed by atoms with Crippen LogP contribution in [-0.4, -0.2) is 26.7 Å². The van der Waals surface area contributed by atoms with Gasteiger partial charge in [-0.2, -0.15) is 9.83 Å². The number of hydrogen-bond donors (Lipinski definition) is 1. The molecule has 1 aliphatic carbocycles. The molecule has 1 saturated carbocycles. The van der Waals surface area contributed by atoms with Gasteiger partial charge in [-0.25, -0.2) is 13.8 Å². The molecule has 11 heteroatoms. The van der Waals surface area contributed by atoms with E-state index in [0.29, 0.717) is 33.7 Å². The van der Waals surface area contributed by atoms with Crippen LogP contribution in [0.5, 0.6) is 0 Å². The van der Waals surface area contributed by atoms with E-state index in [4.69, 9.17) is 16.0 Å². The summed E-state index contributed by atoms with van der Waals surface area (Å²) in [6.45, 7) is 0. The van der Waals surface area contributed by atoms with Crippen molar-refractivity contribution < 1.29 is 22.7 Å². The maximum absolute atomic E-state index is 15.4. The minimum Gasteiger partial charge on any atom is -0.618 e. The van der Waals surface area contributed by atoms with Crippen molar-refractivity contribution in [1.82, 2.24) is 20.1 Å². The van der Waals surface area contributed by atoms with Crippen LogP contribution in [-0.2, 0) is 6.42 Å². The topological polar surface area (TPSA) is 99.9 Å². The first-order valence-corrected chi connectivity index (χ1v) is 15.0. The van der Waals surface area contributed by atoms with Gasteiger partial charge in [0.25, 0.3) is 5.91 Å². The van der Waals surface area contributed by atoms with Crippen molar-refractivity contribution in [3.05, 3.63) is 143 Å². The Hall–Kier alpha value is -5.35. The predicted molar refractivity (Wildman–Crippen MR) is 168 cm³/mol. The summed E-state index contributed by atoms with van der Waals surface area (Å²) in [6, 6.07) is 19.3. The highest BCUT2D eigenvalue weighted by atomic mass is 35.5. The molecule has 1 fully saturated rings. The molecular weight excluding hydrogens is 612 g/mol.